The lowest BCUT2D eigenvalue weighted by atomic mass is 10.1. The van der Waals surface area contributed by atoms with Gasteiger partial charge in [0.25, 0.3) is 0 Å². The highest BCUT2D eigenvalue weighted by Crippen LogP contribution is 2.23. The van der Waals surface area contributed by atoms with Crippen molar-refractivity contribution < 1.29 is 18.0 Å². The van der Waals surface area contributed by atoms with Crippen LogP contribution >= 0.6 is 0 Å². The van der Waals surface area contributed by atoms with Crippen molar-refractivity contribution in [2.45, 2.75) is 32.4 Å². The van der Waals surface area contributed by atoms with E-state index in [1.54, 1.807) is 18.2 Å². The molecular weight excluding hydrogens is 281 g/mol. The van der Waals surface area contributed by atoms with Crippen LogP contribution in [0.1, 0.15) is 30.9 Å². The topological polar surface area (TPSA) is 55.1 Å². The fourth-order valence-corrected chi connectivity index (χ4v) is 1.71. The molecule has 1 rings (SSSR count). The molecule has 1 aromatic carbocycles. The van der Waals surface area contributed by atoms with Gasteiger partial charge in [-0.15, -0.1) is 0 Å². The number of hydrogen-bond donors (Lipinski definition) is 2. The van der Waals surface area contributed by atoms with Gasteiger partial charge >= 0.3 is 6.18 Å². The van der Waals surface area contributed by atoms with E-state index in [-0.39, 0.29) is 6.54 Å². The lowest BCUT2D eigenvalue weighted by molar-refractivity contribution is -0.142. The lowest BCUT2D eigenvalue weighted by Crippen LogP contribution is -2.17. The average Bonchev–Trinajstić information content (AvgIpc) is 2.43. The molecule has 21 heavy (non-hydrogen) atoms. The van der Waals surface area contributed by atoms with Crippen molar-refractivity contribution >= 4 is 11.6 Å². The predicted molar refractivity (Wildman–Crippen MR) is 75.7 cm³/mol. The zero-order valence-corrected chi connectivity index (χ0v) is 11.7. The number of alkyl halides is 3. The molecule has 0 aliphatic carbocycles. The maximum absolute atomic E-state index is 12.1. The number of nitrogens with two attached hydrogens (primary N) is 1. The number of aryl methyl sites for hydroxylation is 1. The fraction of sp³-hybridized carbons (Fsp3) is 0.400. The molecule has 0 saturated carbocycles. The smallest absolute Gasteiger partial charge is 0.326 e. The molecule has 0 heterocycles. The number of rotatable bonds is 4. The summed E-state index contributed by atoms with van der Waals surface area (Å²) in [6.07, 6.45) is -5.40. The third kappa shape index (κ3) is 6.32. The molecule has 0 aromatic heterocycles. The Hall–Kier alpha value is -2.00. The molecule has 3 N–H and O–H groups in total. The van der Waals surface area contributed by atoms with E-state index in [2.05, 4.69) is 17.2 Å². The molecule has 1 aromatic rings. The van der Waals surface area contributed by atoms with E-state index < -0.39 is 24.9 Å². The summed E-state index contributed by atoms with van der Waals surface area (Å²) in [7, 11) is 0. The van der Waals surface area contributed by atoms with Gasteiger partial charge in [-0.1, -0.05) is 18.8 Å². The van der Waals surface area contributed by atoms with Crippen LogP contribution in [0.4, 0.5) is 18.9 Å². The first kappa shape index (κ1) is 17.1. The first-order valence-corrected chi connectivity index (χ1v) is 6.54. The van der Waals surface area contributed by atoms with Crippen molar-refractivity contribution in [1.29, 1.82) is 0 Å². The average molecular weight is 298 g/mol. The van der Waals surface area contributed by atoms with Gasteiger partial charge in [-0.25, -0.2) is 0 Å². The quantitative estimate of drug-likeness (QED) is 0.840. The van der Waals surface area contributed by atoms with Gasteiger partial charge in [-0.3, -0.25) is 4.79 Å². The van der Waals surface area contributed by atoms with Crippen LogP contribution in [0.3, 0.4) is 0 Å². The second-order valence-corrected chi connectivity index (χ2v) is 4.39. The van der Waals surface area contributed by atoms with Crippen molar-refractivity contribution in [2.24, 2.45) is 5.73 Å². The van der Waals surface area contributed by atoms with E-state index in [9.17, 15) is 18.0 Å². The van der Waals surface area contributed by atoms with E-state index in [0.717, 1.165) is 11.1 Å². The van der Waals surface area contributed by atoms with Crippen molar-refractivity contribution in [2.75, 3.05) is 11.9 Å². The molecule has 0 bridgehead atoms. The summed E-state index contributed by atoms with van der Waals surface area (Å²) in [6.45, 7) is 2.14. The van der Waals surface area contributed by atoms with Gasteiger partial charge in [-0.2, -0.15) is 13.2 Å². The minimum absolute atomic E-state index is 0.247. The fourth-order valence-electron chi connectivity index (χ4n) is 1.71. The van der Waals surface area contributed by atoms with E-state index in [0.29, 0.717) is 12.1 Å². The molecule has 1 amide bonds. The number of carbonyl (C=O) groups is 1. The molecule has 114 valence electrons. The number of anilines is 1. The largest absolute Gasteiger partial charge is 0.389 e. The Kier molecular flexibility index (Phi) is 6.25. The Morgan fingerprint density at radius 2 is 2.10 bits per heavy atom. The first-order valence-electron chi connectivity index (χ1n) is 6.54. The number of hydrogen-bond acceptors (Lipinski definition) is 2. The van der Waals surface area contributed by atoms with Crippen LogP contribution in [-0.2, 0) is 11.2 Å². The van der Waals surface area contributed by atoms with Crippen LogP contribution in [0.2, 0.25) is 0 Å². The van der Waals surface area contributed by atoms with Crippen LogP contribution in [0.15, 0.2) is 18.2 Å². The van der Waals surface area contributed by atoms with Gasteiger partial charge in [0.2, 0.25) is 5.91 Å². The first-order chi connectivity index (χ1) is 9.85. The summed E-state index contributed by atoms with van der Waals surface area (Å²) in [5.41, 5.74) is 7.38. The Labute approximate surface area is 121 Å². The summed E-state index contributed by atoms with van der Waals surface area (Å²) >= 11 is 0. The van der Waals surface area contributed by atoms with E-state index in [1.165, 1.54) is 0 Å². The Morgan fingerprint density at radius 1 is 1.38 bits per heavy atom. The van der Waals surface area contributed by atoms with Crippen molar-refractivity contribution in [3.05, 3.63) is 29.3 Å². The molecule has 0 aliphatic heterocycles. The number of carbonyl (C=O) groups excluding carboxylic acids is 1. The number of halogens is 3. The van der Waals surface area contributed by atoms with Crippen LogP contribution in [0.5, 0.6) is 0 Å². The van der Waals surface area contributed by atoms with Crippen LogP contribution in [-0.4, -0.2) is 18.6 Å². The molecule has 0 unspecified atom stereocenters. The maximum Gasteiger partial charge on any atom is 0.389 e. The van der Waals surface area contributed by atoms with E-state index in [1.807, 2.05) is 6.92 Å². The Morgan fingerprint density at radius 3 is 2.67 bits per heavy atom. The highest BCUT2D eigenvalue weighted by atomic mass is 19.4. The Bertz CT molecular complexity index is 556. The van der Waals surface area contributed by atoms with Gasteiger partial charge < -0.3 is 11.1 Å². The molecule has 0 spiro atoms. The molecule has 0 aliphatic rings. The molecule has 0 fully saturated rings. The molecule has 0 saturated heterocycles. The number of benzene rings is 1. The minimum Gasteiger partial charge on any atom is -0.326 e. The van der Waals surface area contributed by atoms with Gasteiger partial charge in [0.15, 0.2) is 0 Å². The summed E-state index contributed by atoms with van der Waals surface area (Å²) in [6, 6.07) is 5.13. The molecular formula is C15H17F3N2O. The maximum atomic E-state index is 12.1. The zero-order valence-electron chi connectivity index (χ0n) is 11.7. The standard InChI is InChI=1S/C15H17F3N2O/c1-2-12-10-11(4-3-9-19)5-6-13(12)20-14(21)7-8-15(16,17)18/h5-6,10H,2,7-9,19H2,1H3,(H,20,21). The van der Waals surface area contributed by atoms with Gasteiger partial charge in [0.1, 0.15) is 0 Å². The SMILES string of the molecule is CCc1cc(C#CCN)ccc1NC(=O)CCC(F)(F)F. The zero-order chi connectivity index (χ0) is 15.9. The third-order valence-electron chi connectivity index (χ3n) is 2.73. The second kappa shape index (κ2) is 7.70. The second-order valence-electron chi connectivity index (χ2n) is 4.39. The number of nitrogens with one attached hydrogen (secondary N) is 1. The van der Waals surface area contributed by atoms with Crippen LogP contribution in [0.25, 0.3) is 0 Å². The highest BCUT2D eigenvalue weighted by molar-refractivity contribution is 5.91. The summed E-state index contributed by atoms with van der Waals surface area (Å²) < 4.78 is 36.2. The monoisotopic (exact) mass is 298 g/mol. The summed E-state index contributed by atoms with van der Waals surface area (Å²) in [4.78, 5) is 11.5. The number of amides is 1. The van der Waals surface area contributed by atoms with Crippen LogP contribution in [0, 0.1) is 11.8 Å². The van der Waals surface area contributed by atoms with Gasteiger partial charge in [-0.05, 0) is 30.2 Å². The minimum atomic E-state index is -4.33. The van der Waals surface area contributed by atoms with Gasteiger partial charge in [0, 0.05) is 17.7 Å². The lowest BCUT2D eigenvalue weighted by Gasteiger charge is -2.11. The van der Waals surface area contributed by atoms with Crippen molar-refractivity contribution in [3.8, 4) is 11.8 Å². The van der Waals surface area contributed by atoms with Gasteiger partial charge in [0.05, 0.1) is 13.0 Å². The van der Waals surface area contributed by atoms with Crippen LogP contribution < -0.4 is 11.1 Å². The normalized spacial score (nSPS) is 10.7. The highest BCUT2D eigenvalue weighted by Gasteiger charge is 2.27. The van der Waals surface area contributed by atoms with E-state index >= 15 is 0 Å². The summed E-state index contributed by atoms with van der Waals surface area (Å²) in [5, 5.41) is 2.51. The molecule has 0 atom stereocenters. The van der Waals surface area contributed by atoms with Crippen molar-refractivity contribution in [1.82, 2.24) is 0 Å². The van der Waals surface area contributed by atoms with Crippen molar-refractivity contribution in [3.63, 3.8) is 0 Å². The summed E-state index contributed by atoms with van der Waals surface area (Å²) in [5.74, 6) is 4.94. The Balaban J connectivity index is 2.77. The third-order valence-corrected chi connectivity index (χ3v) is 2.73. The molecule has 6 heteroatoms. The predicted octanol–water partition coefficient (Wildman–Crippen LogP) is 2.84. The van der Waals surface area contributed by atoms with E-state index in [4.69, 9.17) is 5.73 Å². The molecule has 3 nitrogen and oxygen atoms in total. The molecule has 0 radical (unpaired) electrons.